The van der Waals surface area contributed by atoms with Crippen LogP contribution in [-0.2, 0) is 24.3 Å². The minimum atomic E-state index is -4.09. The molecule has 1 aliphatic rings. The number of amides is 1. The average Bonchev–Trinajstić information content (AvgIpc) is 2.91. The van der Waals surface area contributed by atoms with E-state index in [1.54, 1.807) is 67.3 Å². The molecule has 0 spiro atoms. The number of carbonyl (C=O) groups excluding carboxylic acids is 2. The van der Waals surface area contributed by atoms with Crippen LogP contribution < -0.4 is 9.04 Å². The number of sulfonamides is 1. The van der Waals surface area contributed by atoms with Crippen LogP contribution >= 0.6 is 0 Å². The molecule has 0 radical (unpaired) electrons. The van der Waals surface area contributed by atoms with E-state index >= 15 is 0 Å². The molecule has 0 aromatic heterocycles. The Morgan fingerprint density at radius 1 is 1.14 bits per heavy atom. The lowest BCUT2D eigenvalue weighted by Gasteiger charge is -2.33. The normalized spacial score (nSPS) is 14.3. The van der Waals surface area contributed by atoms with Gasteiger partial charge in [0.05, 0.1) is 30.5 Å². The molecule has 0 unspecified atom stereocenters. The van der Waals surface area contributed by atoms with Gasteiger partial charge >= 0.3 is 12.1 Å². The first kappa shape index (κ1) is 32.5. The Balaban J connectivity index is 1.75. The van der Waals surface area contributed by atoms with Gasteiger partial charge in [0.1, 0.15) is 17.5 Å². The first-order chi connectivity index (χ1) is 19.8. The summed E-state index contributed by atoms with van der Waals surface area (Å²) in [6.07, 6.45) is 4.23. The van der Waals surface area contributed by atoms with E-state index in [1.807, 2.05) is 26.8 Å². The van der Waals surface area contributed by atoms with Crippen molar-refractivity contribution in [2.24, 2.45) is 0 Å². The molecule has 10 nitrogen and oxygen atoms in total. The third-order valence-corrected chi connectivity index (χ3v) is 7.99. The number of ether oxygens (including phenoxy) is 3. The fourth-order valence-electron chi connectivity index (χ4n) is 4.44. The molecule has 11 heteroatoms. The lowest BCUT2D eigenvalue weighted by Crippen LogP contribution is -2.44. The summed E-state index contributed by atoms with van der Waals surface area (Å²) in [5.74, 6) is -1.05. The van der Waals surface area contributed by atoms with E-state index in [0.717, 1.165) is 5.56 Å². The maximum absolute atomic E-state index is 13.4. The zero-order valence-corrected chi connectivity index (χ0v) is 25.6. The molecule has 0 saturated carbocycles. The molecule has 2 aromatic carbocycles. The SMILES string of the molecule is CCOC(=O)CS(=O)(=O)N(C/C=C/c1cccc(C#N)c1)c1ccc(OC2CCN(C(=O)OC(C)(C)C)CC2)cc1C. The number of hydrogen-bond donors (Lipinski definition) is 0. The number of nitrogens with zero attached hydrogens (tertiary/aromatic N) is 3. The van der Waals surface area contributed by atoms with Gasteiger partial charge in [-0.15, -0.1) is 0 Å². The standard InChI is InChI=1S/C31H39N3O7S/c1-6-39-29(35)22-42(37,38)34(16-8-11-24-9-7-10-25(20-24)21-32)28-13-12-27(19-23(28)2)40-26-14-17-33(18-15-26)30(36)41-31(3,4)5/h7-13,19-20,26H,6,14-18,22H2,1-5H3/b11-8+. The van der Waals surface area contributed by atoms with Crippen molar-refractivity contribution in [2.45, 2.75) is 59.2 Å². The molecule has 226 valence electrons. The second kappa shape index (κ2) is 14.2. The highest BCUT2D eigenvalue weighted by Gasteiger charge is 2.29. The van der Waals surface area contributed by atoms with Crippen LogP contribution in [0.15, 0.2) is 48.5 Å². The molecule has 0 aliphatic carbocycles. The van der Waals surface area contributed by atoms with Gasteiger partial charge in [-0.2, -0.15) is 5.26 Å². The number of benzene rings is 2. The van der Waals surface area contributed by atoms with E-state index in [9.17, 15) is 18.0 Å². The minimum absolute atomic E-state index is 0.0390. The Kier molecular flexibility index (Phi) is 11.0. The number of esters is 1. The number of anilines is 1. The lowest BCUT2D eigenvalue weighted by molar-refractivity contribution is -0.139. The first-order valence-electron chi connectivity index (χ1n) is 13.9. The molecule has 3 rings (SSSR count). The average molecular weight is 598 g/mol. The van der Waals surface area contributed by atoms with Crippen molar-refractivity contribution >= 4 is 33.8 Å². The predicted molar refractivity (Wildman–Crippen MR) is 161 cm³/mol. The molecule has 1 aliphatic heterocycles. The predicted octanol–water partition coefficient (Wildman–Crippen LogP) is 5.06. The summed E-state index contributed by atoms with van der Waals surface area (Å²) in [5, 5.41) is 9.15. The van der Waals surface area contributed by atoms with Crippen molar-refractivity contribution in [1.82, 2.24) is 4.90 Å². The number of hydrogen-bond acceptors (Lipinski definition) is 8. The first-order valence-corrected chi connectivity index (χ1v) is 15.5. The van der Waals surface area contributed by atoms with Gasteiger partial charge in [-0.3, -0.25) is 9.10 Å². The van der Waals surface area contributed by atoms with Crippen LogP contribution in [0.25, 0.3) is 6.08 Å². The highest BCUT2D eigenvalue weighted by molar-refractivity contribution is 7.93. The topological polar surface area (TPSA) is 126 Å². The second-order valence-corrected chi connectivity index (χ2v) is 12.9. The van der Waals surface area contributed by atoms with Crippen LogP contribution in [0.1, 0.15) is 57.2 Å². The van der Waals surface area contributed by atoms with E-state index in [2.05, 4.69) is 6.07 Å². The second-order valence-electron chi connectivity index (χ2n) is 11.0. The number of likely N-dealkylation sites (tertiary alicyclic amines) is 1. The van der Waals surface area contributed by atoms with Crippen molar-refractivity contribution in [2.75, 3.05) is 36.3 Å². The molecule has 1 heterocycles. The monoisotopic (exact) mass is 597 g/mol. The summed E-state index contributed by atoms with van der Waals surface area (Å²) in [5.41, 5.74) is 1.73. The molecule has 0 atom stereocenters. The lowest BCUT2D eigenvalue weighted by atomic mass is 10.1. The van der Waals surface area contributed by atoms with Crippen LogP contribution in [0.4, 0.5) is 10.5 Å². The summed E-state index contributed by atoms with van der Waals surface area (Å²) in [4.78, 5) is 26.2. The maximum atomic E-state index is 13.4. The Labute approximate surface area is 248 Å². The molecule has 1 saturated heterocycles. The third kappa shape index (κ3) is 9.52. The molecular weight excluding hydrogens is 558 g/mol. The van der Waals surface area contributed by atoms with Gasteiger partial charge in [0.25, 0.3) is 0 Å². The van der Waals surface area contributed by atoms with Gasteiger partial charge in [-0.1, -0.05) is 24.3 Å². The minimum Gasteiger partial charge on any atom is -0.490 e. The molecule has 0 N–H and O–H groups in total. The van der Waals surface area contributed by atoms with E-state index in [0.29, 0.717) is 48.5 Å². The quantitative estimate of drug-likeness (QED) is 0.348. The molecule has 1 amide bonds. The van der Waals surface area contributed by atoms with E-state index in [1.165, 1.54) is 4.31 Å². The highest BCUT2D eigenvalue weighted by atomic mass is 32.2. The van der Waals surface area contributed by atoms with Crippen LogP contribution in [0, 0.1) is 18.3 Å². The van der Waals surface area contributed by atoms with E-state index in [4.69, 9.17) is 19.5 Å². The van der Waals surface area contributed by atoms with Crippen molar-refractivity contribution in [3.05, 3.63) is 65.2 Å². The number of carbonyl (C=O) groups is 2. The van der Waals surface area contributed by atoms with E-state index in [-0.39, 0.29) is 25.3 Å². The van der Waals surface area contributed by atoms with Crippen molar-refractivity contribution in [3.63, 3.8) is 0 Å². The zero-order valence-electron chi connectivity index (χ0n) is 24.8. The van der Waals surface area contributed by atoms with Gasteiger partial charge in [0, 0.05) is 25.9 Å². The van der Waals surface area contributed by atoms with Crippen LogP contribution in [-0.4, -0.2) is 69.1 Å². The molecule has 2 aromatic rings. The highest BCUT2D eigenvalue weighted by Crippen LogP contribution is 2.29. The van der Waals surface area contributed by atoms with Crippen molar-refractivity contribution in [1.29, 1.82) is 5.26 Å². The summed E-state index contributed by atoms with van der Waals surface area (Å²) in [6, 6.07) is 14.2. The Morgan fingerprint density at radius 3 is 2.48 bits per heavy atom. The maximum Gasteiger partial charge on any atom is 0.410 e. The van der Waals surface area contributed by atoms with Gasteiger partial charge in [0.2, 0.25) is 10.0 Å². The summed E-state index contributed by atoms with van der Waals surface area (Å²) < 4.78 is 44.4. The third-order valence-electron chi connectivity index (χ3n) is 6.37. The number of nitriles is 1. The molecule has 42 heavy (non-hydrogen) atoms. The molecular formula is C31H39N3O7S. The van der Waals surface area contributed by atoms with Crippen LogP contribution in [0.3, 0.4) is 0 Å². The fourth-order valence-corrected chi connectivity index (χ4v) is 5.80. The van der Waals surface area contributed by atoms with Gasteiger partial charge < -0.3 is 19.1 Å². The van der Waals surface area contributed by atoms with Gasteiger partial charge in [-0.05, 0) is 76.1 Å². The van der Waals surface area contributed by atoms with Gasteiger partial charge in [-0.25, -0.2) is 13.2 Å². The smallest absolute Gasteiger partial charge is 0.410 e. The summed E-state index contributed by atoms with van der Waals surface area (Å²) in [6.45, 7) is 9.96. The van der Waals surface area contributed by atoms with Crippen molar-refractivity contribution in [3.8, 4) is 11.8 Å². The summed E-state index contributed by atoms with van der Waals surface area (Å²) >= 11 is 0. The van der Waals surface area contributed by atoms with Crippen molar-refractivity contribution < 1.29 is 32.2 Å². The van der Waals surface area contributed by atoms with E-state index < -0.39 is 27.3 Å². The fraction of sp³-hybridized carbons (Fsp3) is 0.452. The summed E-state index contributed by atoms with van der Waals surface area (Å²) in [7, 11) is -4.09. The Bertz CT molecular complexity index is 1430. The van der Waals surface area contributed by atoms with Gasteiger partial charge in [0.15, 0.2) is 5.75 Å². The van der Waals surface area contributed by atoms with Crippen LogP contribution in [0.5, 0.6) is 5.75 Å². The van der Waals surface area contributed by atoms with Crippen LogP contribution in [0.2, 0.25) is 0 Å². The zero-order chi connectivity index (χ0) is 30.9. The molecule has 1 fully saturated rings. The largest absolute Gasteiger partial charge is 0.490 e. The number of aryl methyl sites for hydroxylation is 1. The Morgan fingerprint density at radius 2 is 1.86 bits per heavy atom. The Hall–Kier alpha value is -4.04. The number of piperidine rings is 1. The molecule has 0 bridgehead atoms. The number of rotatable bonds is 10.